The molecule has 0 saturated carbocycles. The maximum absolute atomic E-state index is 12.4. The average molecular weight is 407 g/mol. The molecule has 1 aromatic carbocycles. The number of benzene rings is 1. The fraction of sp³-hybridized carbons (Fsp3) is 0.0667. The Labute approximate surface area is 149 Å². The number of nitrogens with zero attached hydrogens (tertiary/aromatic N) is 3. The van der Waals surface area contributed by atoms with Gasteiger partial charge in [0.25, 0.3) is 11.6 Å². The van der Waals surface area contributed by atoms with E-state index in [0.717, 1.165) is 15.8 Å². The fourth-order valence-corrected chi connectivity index (χ4v) is 3.33. The van der Waals surface area contributed by atoms with Crippen LogP contribution in [0.1, 0.15) is 14.5 Å². The van der Waals surface area contributed by atoms with E-state index >= 15 is 0 Å². The second-order valence-corrected chi connectivity index (χ2v) is 7.06. The molecule has 0 spiro atoms. The molecule has 0 atom stereocenters. The molecule has 2 heterocycles. The Morgan fingerprint density at radius 2 is 2.17 bits per heavy atom. The fourth-order valence-electron chi connectivity index (χ4n) is 2.16. The van der Waals surface area contributed by atoms with Gasteiger partial charge in [0.05, 0.1) is 36.7 Å². The van der Waals surface area contributed by atoms with Crippen molar-refractivity contribution in [3.63, 3.8) is 0 Å². The molecule has 9 heteroatoms. The molecule has 3 rings (SSSR count). The summed E-state index contributed by atoms with van der Waals surface area (Å²) in [5.41, 5.74) is 1.21. The summed E-state index contributed by atoms with van der Waals surface area (Å²) in [6.45, 7) is 1.62. The van der Waals surface area contributed by atoms with Gasteiger partial charge in [-0.05, 0) is 35.0 Å². The van der Waals surface area contributed by atoms with Gasteiger partial charge in [-0.1, -0.05) is 12.1 Å². The smallest absolute Gasteiger partial charge is 0.283 e. The van der Waals surface area contributed by atoms with Gasteiger partial charge >= 0.3 is 0 Å². The Hall–Kier alpha value is -2.52. The maximum atomic E-state index is 12.4. The number of halogens is 1. The number of anilines is 1. The molecule has 0 saturated heterocycles. The Morgan fingerprint density at radius 1 is 1.42 bits per heavy atom. The molecule has 1 amide bonds. The van der Waals surface area contributed by atoms with Crippen LogP contribution in [0.3, 0.4) is 0 Å². The highest BCUT2D eigenvalue weighted by atomic mass is 79.9. The second-order valence-electron chi connectivity index (χ2n) is 4.88. The molecule has 122 valence electrons. The lowest BCUT2D eigenvalue weighted by Gasteiger charge is -2.10. The van der Waals surface area contributed by atoms with Crippen molar-refractivity contribution in [3.8, 4) is 5.69 Å². The summed E-state index contributed by atoms with van der Waals surface area (Å²) >= 11 is 4.43. The van der Waals surface area contributed by atoms with Gasteiger partial charge in [0.2, 0.25) is 0 Å². The molecule has 0 unspecified atom stereocenters. The minimum absolute atomic E-state index is 0.0468. The quantitative estimate of drug-likeness (QED) is 0.519. The van der Waals surface area contributed by atoms with Gasteiger partial charge in [0.15, 0.2) is 0 Å². The summed E-state index contributed by atoms with van der Waals surface area (Å²) in [7, 11) is 0. The number of carbonyl (C=O) groups is 1. The third-order valence-corrected chi connectivity index (χ3v) is 4.71. The number of hydrogen-bond acceptors (Lipinski definition) is 5. The second kappa shape index (κ2) is 6.54. The Morgan fingerprint density at radius 3 is 2.79 bits per heavy atom. The van der Waals surface area contributed by atoms with Crippen molar-refractivity contribution >= 4 is 44.5 Å². The molecular weight excluding hydrogens is 396 g/mol. The van der Waals surface area contributed by atoms with Crippen LogP contribution in [-0.2, 0) is 0 Å². The maximum Gasteiger partial charge on any atom is 0.283 e. The molecule has 2 aromatic heterocycles. The Kier molecular flexibility index (Phi) is 4.45. The Balaban J connectivity index is 1.90. The van der Waals surface area contributed by atoms with E-state index < -0.39 is 10.8 Å². The van der Waals surface area contributed by atoms with E-state index in [0.29, 0.717) is 16.3 Å². The van der Waals surface area contributed by atoms with Crippen LogP contribution >= 0.6 is 27.3 Å². The van der Waals surface area contributed by atoms with Crippen LogP contribution in [0.15, 0.2) is 47.2 Å². The lowest BCUT2D eigenvalue weighted by Crippen LogP contribution is -2.12. The van der Waals surface area contributed by atoms with Crippen LogP contribution in [-0.4, -0.2) is 20.6 Å². The third-order valence-electron chi connectivity index (χ3n) is 3.26. The molecule has 3 aromatic rings. The highest BCUT2D eigenvalue weighted by Gasteiger charge is 2.20. The first-order valence-electron chi connectivity index (χ1n) is 6.81. The molecule has 24 heavy (non-hydrogen) atoms. The zero-order chi connectivity index (χ0) is 17.3. The number of hydrogen-bond donors (Lipinski definition) is 1. The molecule has 0 aliphatic rings. The monoisotopic (exact) mass is 406 g/mol. The number of aromatic nitrogens is 2. The van der Waals surface area contributed by atoms with Crippen LogP contribution in [0.25, 0.3) is 5.69 Å². The van der Waals surface area contributed by atoms with Gasteiger partial charge in [-0.2, -0.15) is 5.10 Å². The lowest BCUT2D eigenvalue weighted by molar-refractivity contribution is -0.385. The zero-order valence-corrected chi connectivity index (χ0v) is 14.8. The summed E-state index contributed by atoms with van der Waals surface area (Å²) in [6.07, 6.45) is 3.41. The minimum atomic E-state index is -0.488. The normalized spacial score (nSPS) is 10.6. The first kappa shape index (κ1) is 16.3. The number of carbonyl (C=O) groups excluding carboxylic acids is 1. The standard InChI is InChI=1S/C15H11BrN4O3S/c1-9-13(20(22)23)6-14(24-9)15(21)18-11-4-2-3-5-12(11)19-8-10(16)7-17-19/h2-8H,1H3,(H,18,21). The van der Waals surface area contributed by atoms with Crippen molar-refractivity contribution in [1.29, 1.82) is 0 Å². The third kappa shape index (κ3) is 3.22. The molecule has 7 nitrogen and oxygen atoms in total. The van der Waals surface area contributed by atoms with Crippen molar-refractivity contribution in [2.75, 3.05) is 5.32 Å². The zero-order valence-electron chi connectivity index (χ0n) is 12.4. The molecular formula is C15H11BrN4O3S. The van der Waals surface area contributed by atoms with Crippen LogP contribution in [0.2, 0.25) is 0 Å². The average Bonchev–Trinajstić information content (AvgIpc) is 3.14. The highest BCUT2D eigenvalue weighted by Crippen LogP contribution is 2.29. The topological polar surface area (TPSA) is 90.1 Å². The molecule has 0 radical (unpaired) electrons. The summed E-state index contributed by atoms with van der Waals surface area (Å²) in [6, 6.07) is 8.48. The summed E-state index contributed by atoms with van der Waals surface area (Å²) in [4.78, 5) is 23.6. The van der Waals surface area contributed by atoms with Gasteiger partial charge in [-0.15, -0.1) is 11.3 Å². The highest BCUT2D eigenvalue weighted by molar-refractivity contribution is 9.10. The number of aryl methyl sites for hydroxylation is 1. The number of para-hydroxylation sites is 2. The number of nitro groups is 1. The van der Waals surface area contributed by atoms with Crippen molar-refractivity contribution in [2.24, 2.45) is 0 Å². The first-order valence-corrected chi connectivity index (χ1v) is 8.42. The SMILES string of the molecule is Cc1sc(C(=O)Nc2ccccc2-n2cc(Br)cn2)cc1[N+](=O)[O-]. The van der Waals surface area contributed by atoms with Gasteiger partial charge in [0.1, 0.15) is 0 Å². The largest absolute Gasteiger partial charge is 0.319 e. The summed E-state index contributed by atoms with van der Waals surface area (Å²) in [5.74, 6) is -0.394. The Bertz CT molecular complexity index is 934. The van der Waals surface area contributed by atoms with Crippen molar-refractivity contribution in [1.82, 2.24) is 9.78 Å². The number of amides is 1. The van der Waals surface area contributed by atoms with Crippen molar-refractivity contribution in [3.05, 3.63) is 67.1 Å². The predicted octanol–water partition coefficient (Wildman–Crippen LogP) is 4.17. The minimum Gasteiger partial charge on any atom is -0.319 e. The van der Waals surface area contributed by atoms with Crippen LogP contribution in [0.4, 0.5) is 11.4 Å². The van der Waals surface area contributed by atoms with Gasteiger partial charge in [-0.25, -0.2) is 4.68 Å². The molecule has 0 fully saturated rings. The van der Waals surface area contributed by atoms with E-state index in [1.807, 2.05) is 12.1 Å². The molecule has 0 bridgehead atoms. The van der Waals surface area contributed by atoms with E-state index in [9.17, 15) is 14.9 Å². The summed E-state index contributed by atoms with van der Waals surface area (Å²) < 4.78 is 2.44. The van der Waals surface area contributed by atoms with Gasteiger partial charge < -0.3 is 5.32 Å². The number of thiophene rings is 1. The van der Waals surface area contributed by atoms with Crippen molar-refractivity contribution < 1.29 is 9.72 Å². The number of nitrogens with one attached hydrogen (secondary N) is 1. The van der Waals surface area contributed by atoms with Gasteiger partial charge in [0, 0.05) is 12.3 Å². The summed E-state index contributed by atoms with van der Waals surface area (Å²) in [5, 5.41) is 17.9. The van der Waals surface area contributed by atoms with E-state index in [4.69, 9.17) is 0 Å². The van der Waals surface area contributed by atoms with Gasteiger partial charge in [-0.3, -0.25) is 14.9 Å². The van der Waals surface area contributed by atoms with E-state index in [1.165, 1.54) is 6.07 Å². The molecule has 1 N–H and O–H groups in total. The first-order chi connectivity index (χ1) is 11.5. The van der Waals surface area contributed by atoms with E-state index in [-0.39, 0.29) is 10.6 Å². The van der Waals surface area contributed by atoms with E-state index in [1.54, 1.807) is 36.1 Å². The van der Waals surface area contributed by atoms with E-state index in [2.05, 4.69) is 26.3 Å². The van der Waals surface area contributed by atoms with Crippen LogP contribution in [0.5, 0.6) is 0 Å². The molecule has 0 aliphatic heterocycles. The van der Waals surface area contributed by atoms with Crippen LogP contribution in [0, 0.1) is 17.0 Å². The van der Waals surface area contributed by atoms with Crippen molar-refractivity contribution in [2.45, 2.75) is 6.92 Å². The van der Waals surface area contributed by atoms with Crippen LogP contribution < -0.4 is 5.32 Å². The number of rotatable bonds is 4. The lowest BCUT2D eigenvalue weighted by atomic mass is 10.2. The molecule has 0 aliphatic carbocycles. The predicted molar refractivity (Wildman–Crippen MR) is 94.9 cm³/mol.